The molecule has 0 radical (unpaired) electrons. The molecule has 342 valence electrons. The summed E-state index contributed by atoms with van der Waals surface area (Å²) in [6, 6.07) is 44.8. The Morgan fingerprint density at radius 1 is 0.426 bits per heavy atom. The van der Waals surface area contributed by atoms with Crippen LogP contribution in [0.25, 0.3) is 34.2 Å². The minimum Gasteiger partial charge on any atom is -0.322 e. The highest BCUT2D eigenvalue weighted by Gasteiger charge is 2.14. The number of anilines is 3. The molecule has 3 heterocycles. The second-order valence-electron chi connectivity index (χ2n) is 15.9. The van der Waals surface area contributed by atoms with Gasteiger partial charge in [0.1, 0.15) is 0 Å². The quantitative estimate of drug-likeness (QED) is 0.119. The molecule has 0 saturated carbocycles. The van der Waals surface area contributed by atoms with Crippen LogP contribution in [0.2, 0.25) is 0 Å². The molecule has 6 aromatic carbocycles. The number of carbonyl (C=O) groups excluding carboxylic acids is 3. The maximum Gasteiger partial charge on any atom is 0.255 e. The summed E-state index contributed by atoms with van der Waals surface area (Å²) in [5.41, 5.74) is 10.2. The zero-order chi connectivity index (χ0) is 48.2. The summed E-state index contributed by atoms with van der Waals surface area (Å²) in [6.07, 6.45) is 0. The summed E-state index contributed by atoms with van der Waals surface area (Å²) in [4.78, 5) is 36.9. The Kier molecular flexibility index (Phi) is 15.0. The van der Waals surface area contributed by atoms with Gasteiger partial charge in [-0.2, -0.15) is 0 Å². The molecule has 3 aromatic heterocycles. The highest BCUT2D eigenvalue weighted by atomic mass is 16.2. The third-order valence-corrected chi connectivity index (χ3v) is 10.5. The van der Waals surface area contributed by atoms with Crippen molar-refractivity contribution in [3.8, 4) is 34.2 Å². The standard InChI is InChI=1S/C18H19N5O.2C16H15N5O/c1-12(2)15-6-4-5-7-16(15)19-18(24)14-10-8-13(9-11-14)17-20-21-22-23(17)3;2*1-11-3-9-14(10-4-11)17-16(22)13-7-5-12(6-8-13)15-18-19-20-21(15)2/h4-12H,1-3H3,(H,19,24);2*3-10H,1-2H3,(H,17,22). The van der Waals surface area contributed by atoms with Crippen molar-refractivity contribution in [3.05, 3.63) is 179 Å². The molecular formula is C50H49N15O3. The Morgan fingerprint density at radius 2 is 0.750 bits per heavy atom. The number of hydrogen-bond donors (Lipinski definition) is 3. The van der Waals surface area contributed by atoms with E-state index in [0.29, 0.717) is 40.1 Å². The predicted octanol–water partition coefficient (Wildman–Crippen LogP) is 8.13. The van der Waals surface area contributed by atoms with E-state index in [0.717, 1.165) is 50.4 Å². The number of nitrogens with zero attached hydrogens (tertiary/aromatic N) is 12. The summed E-state index contributed by atoms with van der Waals surface area (Å²) < 4.78 is 4.76. The van der Waals surface area contributed by atoms with Gasteiger partial charge in [0.2, 0.25) is 0 Å². The van der Waals surface area contributed by atoms with Crippen LogP contribution in [0.15, 0.2) is 146 Å². The van der Waals surface area contributed by atoms with Gasteiger partial charge in [-0.3, -0.25) is 14.4 Å². The van der Waals surface area contributed by atoms with Gasteiger partial charge in [-0.05, 0) is 123 Å². The first-order valence-corrected chi connectivity index (χ1v) is 21.5. The SMILES string of the molecule is CC(C)c1ccccc1NC(=O)c1ccc(-c2nnnn2C)cc1.Cc1ccc(NC(=O)c2ccc(-c3nnnn3C)cc2)cc1.Cc1ccc(NC(=O)c2ccc(-c3nnnn3C)cc2)cc1. The minimum atomic E-state index is -0.147. The monoisotopic (exact) mass is 907 g/mol. The van der Waals surface area contributed by atoms with Crippen LogP contribution in [0.4, 0.5) is 17.1 Å². The summed E-state index contributed by atoms with van der Waals surface area (Å²) >= 11 is 0. The van der Waals surface area contributed by atoms with Gasteiger partial charge in [-0.15, -0.1) is 15.3 Å². The molecule has 0 unspecified atom stereocenters. The first kappa shape index (κ1) is 46.9. The van der Waals surface area contributed by atoms with Crippen LogP contribution < -0.4 is 16.0 Å². The Labute approximate surface area is 392 Å². The lowest BCUT2D eigenvalue weighted by atomic mass is 10.0. The Hall–Kier alpha value is -9.06. The molecule has 3 N–H and O–H groups in total. The lowest BCUT2D eigenvalue weighted by Gasteiger charge is -2.13. The molecule has 68 heavy (non-hydrogen) atoms. The van der Waals surface area contributed by atoms with Crippen molar-refractivity contribution < 1.29 is 14.4 Å². The molecule has 0 aliphatic rings. The van der Waals surface area contributed by atoms with Crippen molar-refractivity contribution in [2.75, 3.05) is 16.0 Å². The zero-order valence-corrected chi connectivity index (χ0v) is 38.5. The lowest BCUT2D eigenvalue weighted by Crippen LogP contribution is -2.13. The smallest absolute Gasteiger partial charge is 0.255 e. The summed E-state index contributed by atoms with van der Waals surface area (Å²) in [5.74, 6) is 1.89. The summed E-state index contributed by atoms with van der Waals surface area (Å²) in [6.45, 7) is 8.22. The Bertz CT molecular complexity index is 2960. The highest BCUT2D eigenvalue weighted by Crippen LogP contribution is 2.25. The van der Waals surface area contributed by atoms with Crippen LogP contribution in [0.1, 0.15) is 67.5 Å². The van der Waals surface area contributed by atoms with Crippen molar-refractivity contribution in [1.29, 1.82) is 0 Å². The van der Waals surface area contributed by atoms with Crippen LogP contribution in [-0.4, -0.2) is 78.3 Å². The molecule has 3 amide bonds. The molecule has 0 bridgehead atoms. The first-order chi connectivity index (χ1) is 32.8. The van der Waals surface area contributed by atoms with Crippen LogP contribution >= 0.6 is 0 Å². The molecule has 18 nitrogen and oxygen atoms in total. The molecular weight excluding hydrogens is 859 g/mol. The Balaban J connectivity index is 0.000000151. The summed E-state index contributed by atoms with van der Waals surface area (Å²) in [7, 11) is 5.32. The van der Waals surface area contributed by atoms with Gasteiger partial charge in [0, 0.05) is 71.6 Å². The molecule has 0 atom stereocenters. The summed E-state index contributed by atoms with van der Waals surface area (Å²) in [5, 5.41) is 42.8. The number of carbonyl (C=O) groups is 3. The van der Waals surface area contributed by atoms with E-state index in [2.05, 4.69) is 76.4 Å². The molecule has 0 fully saturated rings. The van der Waals surface area contributed by atoms with Gasteiger partial charge in [0.25, 0.3) is 17.7 Å². The van der Waals surface area contributed by atoms with Crippen molar-refractivity contribution in [3.63, 3.8) is 0 Å². The average Bonchev–Trinajstić information content (AvgIpc) is 4.12. The molecule has 0 aliphatic carbocycles. The first-order valence-electron chi connectivity index (χ1n) is 21.5. The third-order valence-electron chi connectivity index (χ3n) is 10.5. The zero-order valence-electron chi connectivity index (χ0n) is 38.5. The number of para-hydroxylation sites is 1. The van der Waals surface area contributed by atoms with E-state index < -0.39 is 0 Å². The van der Waals surface area contributed by atoms with Crippen molar-refractivity contribution >= 4 is 34.8 Å². The molecule has 18 heteroatoms. The van der Waals surface area contributed by atoms with E-state index in [-0.39, 0.29) is 17.7 Å². The second-order valence-corrected chi connectivity index (χ2v) is 15.9. The third kappa shape index (κ3) is 12.0. The fourth-order valence-electron chi connectivity index (χ4n) is 6.72. The molecule has 0 spiro atoms. The molecule has 0 aliphatic heterocycles. The number of nitrogens with one attached hydrogen (secondary N) is 3. The normalized spacial score (nSPS) is 10.6. The van der Waals surface area contributed by atoms with Crippen LogP contribution in [0.3, 0.4) is 0 Å². The van der Waals surface area contributed by atoms with Gasteiger partial charge in [-0.25, -0.2) is 14.0 Å². The highest BCUT2D eigenvalue weighted by molar-refractivity contribution is 6.06. The van der Waals surface area contributed by atoms with Crippen molar-refractivity contribution in [2.24, 2.45) is 21.1 Å². The van der Waals surface area contributed by atoms with Crippen LogP contribution in [-0.2, 0) is 21.1 Å². The number of tetrazole rings is 3. The minimum absolute atomic E-state index is 0.134. The van der Waals surface area contributed by atoms with Gasteiger partial charge < -0.3 is 16.0 Å². The second kappa shape index (κ2) is 21.7. The number of aryl methyl sites for hydroxylation is 5. The van der Waals surface area contributed by atoms with E-state index in [1.807, 2.05) is 123 Å². The van der Waals surface area contributed by atoms with Gasteiger partial charge >= 0.3 is 0 Å². The fraction of sp³-hybridized carbons (Fsp3) is 0.160. The number of hydrogen-bond acceptors (Lipinski definition) is 12. The van der Waals surface area contributed by atoms with Gasteiger partial charge in [0.05, 0.1) is 0 Å². The molecule has 9 rings (SSSR count). The maximum atomic E-state index is 12.5. The van der Waals surface area contributed by atoms with E-state index in [9.17, 15) is 14.4 Å². The van der Waals surface area contributed by atoms with Crippen molar-refractivity contribution in [1.82, 2.24) is 60.6 Å². The van der Waals surface area contributed by atoms with E-state index in [1.54, 1.807) is 71.6 Å². The Morgan fingerprint density at radius 3 is 1.06 bits per heavy atom. The number of amides is 3. The van der Waals surface area contributed by atoms with E-state index in [4.69, 9.17) is 0 Å². The number of aromatic nitrogens is 12. The van der Waals surface area contributed by atoms with Gasteiger partial charge in [-0.1, -0.05) is 104 Å². The maximum absolute atomic E-state index is 12.5. The van der Waals surface area contributed by atoms with E-state index in [1.165, 1.54) is 0 Å². The van der Waals surface area contributed by atoms with Crippen molar-refractivity contribution in [2.45, 2.75) is 33.6 Å². The van der Waals surface area contributed by atoms with Crippen LogP contribution in [0.5, 0.6) is 0 Å². The topological polar surface area (TPSA) is 218 Å². The number of rotatable bonds is 10. The number of benzene rings is 6. The fourth-order valence-corrected chi connectivity index (χ4v) is 6.72. The molecule has 0 saturated heterocycles. The lowest BCUT2D eigenvalue weighted by molar-refractivity contribution is 0.101. The van der Waals surface area contributed by atoms with Gasteiger partial charge in [0.15, 0.2) is 17.5 Å². The van der Waals surface area contributed by atoms with E-state index >= 15 is 0 Å². The van der Waals surface area contributed by atoms with Crippen LogP contribution in [0, 0.1) is 13.8 Å². The average molecular weight is 908 g/mol. The molecule has 9 aromatic rings. The predicted molar refractivity (Wildman–Crippen MR) is 259 cm³/mol. The largest absolute Gasteiger partial charge is 0.322 e.